The predicted octanol–water partition coefficient (Wildman–Crippen LogP) is 4.19. The van der Waals surface area contributed by atoms with Gasteiger partial charge >= 0.3 is 0 Å². The molecule has 4 aromatic rings. The second-order valence-corrected chi connectivity index (χ2v) is 7.28. The van der Waals surface area contributed by atoms with Crippen LogP contribution < -0.4 is 14.8 Å². The van der Waals surface area contributed by atoms with Gasteiger partial charge in [0.1, 0.15) is 5.01 Å². The number of carbonyl (C=O) groups is 1. The third-order valence-electron chi connectivity index (χ3n) is 4.40. The number of thiazole rings is 1. The zero-order valence-electron chi connectivity index (χ0n) is 16.5. The second-order valence-electron chi connectivity index (χ2n) is 6.42. The van der Waals surface area contributed by atoms with Crippen LogP contribution >= 0.6 is 11.3 Å². The summed E-state index contributed by atoms with van der Waals surface area (Å²) < 4.78 is 12.3. The van der Waals surface area contributed by atoms with E-state index < -0.39 is 0 Å². The van der Waals surface area contributed by atoms with E-state index in [9.17, 15) is 4.79 Å². The zero-order valence-corrected chi connectivity index (χ0v) is 17.3. The molecule has 0 aliphatic heterocycles. The summed E-state index contributed by atoms with van der Waals surface area (Å²) >= 11 is 1.48. The second kappa shape index (κ2) is 8.79. The molecule has 0 unspecified atom stereocenters. The Balaban J connectivity index is 1.42. The fraction of sp³-hybridized carbons (Fsp3) is 0.136. The average Bonchev–Trinajstić information content (AvgIpc) is 3.43. The van der Waals surface area contributed by atoms with Gasteiger partial charge in [-0.3, -0.25) is 4.79 Å². The first-order valence-corrected chi connectivity index (χ1v) is 10.1. The zero-order chi connectivity index (χ0) is 20.9. The van der Waals surface area contributed by atoms with E-state index in [0.717, 1.165) is 16.3 Å². The minimum absolute atomic E-state index is 0.169. The Morgan fingerprint density at radius 2 is 1.87 bits per heavy atom. The number of hydrogen-bond donors (Lipinski definition) is 1. The molecule has 30 heavy (non-hydrogen) atoms. The maximum absolute atomic E-state index is 12.4. The van der Waals surface area contributed by atoms with Crippen molar-refractivity contribution in [1.29, 1.82) is 0 Å². The molecule has 0 bridgehead atoms. The molecule has 2 aromatic carbocycles. The molecule has 0 fully saturated rings. The molecule has 2 heterocycles. The summed E-state index contributed by atoms with van der Waals surface area (Å²) in [4.78, 5) is 17.0. The van der Waals surface area contributed by atoms with Crippen molar-refractivity contribution in [2.24, 2.45) is 0 Å². The molecule has 1 amide bonds. The summed E-state index contributed by atoms with van der Waals surface area (Å²) in [7, 11) is 3.19. The number of carbonyl (C=O) groups excluding carboxylic acids is 1. The molecular weight excluding hydrogens is 400 g/mol. The molecule has 152 valence electrons. The van der Waals surface area contributed by atoms with Crippen LogP contribution in [0.25, 0.3) is 16.3 Å². The van der Waals surface area contributed by atoms with Crippen LogP contribution in [0.5, 0.6) is 11.5 Å². The van der Waals surface area contributed by atoms with E-state index >= 15 is 0 Å². The van der Waals surface area contributed by atoms with E-state index in [-0.39, 0.29) is 12.3 Å². The topological polar surface area (TPSA) is 78.3 Å². The summed E-state index contributed by atoms with van der Waals surface area (Å²) in [5.41, 5.74) is 2.53. The van der Waals surface area contributed by atoms with Crippen molar-refractivity contribution in [3.05, 3.63) is 71.9 Å². The molecule has 2 aromatic heterocycles. The van der Waals surface area contributed by atoms with E-state index in [2.05, 4.69) is 15.4 Å². The van der Waals surface area contributed by atoms with Gasteiger partial charge < -0.3 is 14.8 Å². The lowest BCUT2D eigenvalue weighted by Crippen LogP contribution is -2.15. The van der Waals surface area contributed by atoms with Gasteiger partial charge in [0.05, 0.1) is 32.0 Å². The molecule has 8 heteroatoms. The van der Waals surface area contributed by atoms with Crippen molar-refractivity contribution in [1.82, 2.24) is 14.8 Å². The molecular formula is C22H20N4O3S. The van der Waals surface area contributed by atoms with Gasteiger partial charge in [-0.25, -0.2) is 9.67 Å². The third kappa shape index (κ3) is 4.33. The van der Waals surface area contributed by atoms with Gasteiger partial charge in [0.25, 0.3) is 0 Å². The van der Waals surface area contributed by atoms with E-state index in [1.165, 1.54) is 11.3 Å². The number of aromatic nitrogens is 3. The van der Waals surface area contributed by atoms with Gasteiger partial charge in [0, 0.05) is 23.2 Å². The Morgan fingerprint density at radius 1 is 1.07 bits per heavy atom. The fourth-order valence-corrected chi connectivity index (χ4v) is 3.77. The molecule has 0 aliphatic rings. The number of nitrogens with one attached hydrogen (secondary N) is 1. The maximum atomic E-state index is 12.4. The third-order valence-corrected chi connectivity index (χ3v) is 5.34. The minimum atomic E-state index is -0.169. The van der Waals surface area contributed by atoms with Gasteiger partial charge in [-0.05, 0) is 30.3 Å². The van der Waals surface area contributed by atoms with Crippen molar-refractivity contribution in [3.8, 4) is 27.8 Å². The smallest absolute Gasteiger partial charge is 0.231 e. The molecule has 1 N–H and O–H groups in total. The number of amides is 1. The van der Waals surface area contributed by atoms with Crippen LogP contribution in [0.1, 0.15) is 5.69 Å². The van der Waals surface area contributed by atoms with Crippen molar-refractivity contribution in [2.75, 3.05) is 19.5 Å². The Bertz CT molecular complexity index is 1150. The first-order valence-electron chi connectivity index (χ1n) is 9.24. The molecule has 0 aliphatic carbocycles. The molecule has 0 spiro atoms. The molecule has 0 radical (unpaired) electrons. The Morgan fingerprint density at radius 3 is 2.63 bits per heavy atom. The van der Waals surface area contributed by atoms with Crippen LogP contribution in [0.4, 0.5) is 5.82 Å². The van der Waals surface area contributed by atoms with Gasteiger partial charge in [0.15, 0.2) is 17.3 Å². The molecule has 7 nitrogen and oxygen atoms in total. The predicted molar refractivity (Wildman–Crippen MR) is 117 cm³/mol. The van der Waals surface area contributed by atoms with E-state index in [0.29, 0.717) is 23.0 Å². The quantitative estimate of drug-likeness (QED) is 0.485. The monoisotopic (exact) mass is 420 g/mol. The molecule has 0 saturated carbocycles. The van der Waals surface area contributed by atoms with E-state index in [1.807, 2.05) is 60.1 Å². The van der Waals surface area contributed by atoms with Crippen molar-refractivity contribution < 1.29 is 14.3 Å². The van der Waals surface area contributed by atoms with Crippen LogP contribution in [-0.4, -0.2) is 34.9 Å². The molecule has 4 rings (SSSR count). The van der Waals surface area contributed by atoms with E-state index in [1.54, 1.807) is 25.0 Å². The van der Waals surface area contributed by atoms with Crippen LogP contribution in [0, 0.1) is 0 Å². The van der Waals surface area contributed by atoms with Crippen LogP contribution in [-0.2, 0) is 11.2 Å². The van der Waals surface area contributed by atoms with Gasteiger partial charge in [0.2, 0.25) is 5.91 Å². The highest BCUT2D eigenvalue weighted by atomic mass is 32.1. The first-order chi connectivity index (χ1) is 14.7. The highest BCUT2D eigenvalue weighted by molar-refractivity contribution is 7.13. The van der Waals surface area contributed by atoms with Gasteiger partial charge in [-0.15, -0.1) is 11.3 Å². The molecule has 0 atom stereocenters. The Hall–Kier alpha value is -3.65. The highest BCUT2D eigenvalue weighted by Crippen LogP contribution is 2.33. The van der Waals surface area contributed by atoms with Gasteiger partial charge in [-0.1, -0.05) is 18.2 Å². The minimum Gasteiger partial charge on any atom is -0.493 e. The van der Waals surface area contributed by atoms with Crippen LogP contribution in [0.15, 0.2) is 66.2 Å². The number of nitrogens with zero attached hydrogens (tertiary/aromatic N) is 3. The lowest BCUT2D eigenvalue weighted by atomic mass is 10.2. The summed E-state index contributed by atoms with van der Waals surface area (Å²) in [5, 5.41) is 9.91. The number of para-hydroxylation sites is 1. The Labute approximate surface area is 177 Å². The number of methoxy groups -OCH3 is 2. The lowest BCUT2D eigenvalue weighted by molar-refractivity contribution is -0.115. The van der Waals surface area contributed by atoms with E-state index in [4.69, 9.17) is 9.47 Å². The maximum Gasteiger partial charge on any atom is 0.231 e. The average molecular weight is 420 g/mol. The highest BCUT2D eigenvalue weighted by Gasteiger charge is 2.13. The lowest BCUT2D eigenvalue weighted by Gasteiger charge is -2.08. The van der Waals surface area contributed by atoms with Crippen molar-refractivity contribution in [3.63, 3.8) is 0 Å². The normalized spacial score (nSPS) is 10.6. The SMILES string of the molecule is COc1ccc(-c2nc(CC(=O)Nc3ccn(-c4ccccc4)n3)cs2)cc1OC. The van der Waals surface area contributed by atoms with Crippen molar-refractivity contribution >= 4 is 23.1 Å². The largest absolute Gasteiger partial charge is 0.493 e. The number of benzene rings is 2. The van der Waals surface area contributed by atoms with Gasteiger partial charge in [-0.2, -0.15) is 5.10 Å². The summed E-state index contributed by atoms with van der Waals surface area (Å²) in [6.07, 6.45) is 1.98. The van der Waals surface area contributed by atoms with Crippen molar-refractivity contribution in [2.45, 2.75) is 6.42 Å². The number of rotatable bonds is 7. The number of ether oxygens (including phenoxy) is 2. The Kier molecular flexibility index (Phi) is 5.76. The molecule has 0 saturated heterocycles. The number of hydrogen-bond acceptors (Lipinski definition) is 6. The van der Waals surface area contributed by atoms with Crippen LogP contribution in [0.2, 0.25) is 0 Å². The first kappa shape index (κ1) is 19.7. The van der Waals surface area contributed by atoms with Crippen LogP contribution in [0.3, 0.4) is 0 Å². The standard InChI is InChI=1S/C22H20N4O3S/c1-28-18-9-8-15(12-19(18)29-2)22-23-16(14-30-22)13-21(27)24-20-10-11-26(25-20)17-6-4-3-5-7-17/h3-12,14H,13H2,1-2H3,(H,24,25,27). The summed E-state index contributed by atoms with van der Waals surface area (Å²) in [5.74, 6) is 1.63. The summed E-state index contributed by atoms with van der Waals surface area (Å²) in [6.45, 7) is 0. The number of anilines is 1. The fourth-order valence-electron chi connectivity index (χ4n) is 2.96. The summed E-state index contributed by atoms with van der Waals surface area (Å²) in [6, 6.07) is 17.1.